The van der Waals surface area contributed by atoms with E-state index < -0.39 is 10.0 Å². The lowest BCUT2D eigenvalue weighted by atomic mass is 10.1. The molecule has 0 atom stereocenters. The van der Waals surface area contributed by atoms with Crippen molar-refractivity contribution in [3.8, 4) is 5.75 Å². The van der Waals surface area contributed by atoms with Crippen LogP contribution in [0.4, 0.5) is 5.69 Å². The summed E-state index contributed by atoms with van der Waals surface area (Å²) in [7, 11) is -3.37. The SMILES string of the molecule is CCS(=O)(=O)Nc1ccc2ccccc2c1O. The van der Waals surface area contributed by atoms with Gasteiger partial charge in [0.05, 0.1) is 11.4 Å². The summed E-state index contributed by atoms with van der Waals surface area (Å²) in [5.74, 6) is -0.0701. The molecule has 2 rings (SSSR count). The summed E-state index contributed by atoms with van der Waals surface area (Å²) in [5.41, 5.74) is 0.213. The maximum atomic E-state index is 11.4. The molecule has 0 heterocycles. The highest BCUT2D eigenvalue weighted by atomic mass is 32.2. The molecule has 0 aliphatic carbocycles. The van der Waals surface area contributed by atoms with E-state index in [-0.39, 0.29) is 17.2 Å². The number of nitrogens with one attached hydrogen (secondary N) is 1. The second kappa shape index (κ2) is 4.25. The van der Waals surface area contributed by atoms with Crippen LogP contribution in [0.1, 0.15) is 6.92 Å². The van der Waals surface area contributed by atoms with Crippen LogP contribution in [0.25, 0.3) is 10.8 Å². The number of fused-ring (bicyclic) bond motifs is 1. The molecule has 0 aliphatic rings. The number of phenolic OH excluding ortho intramolecular Hbond substituents is 1. The van der Waals surface area contributed by atoms with Crippen molar-refractivity contribution in [3.05, 3.63) is 36.4 Å². The Kier molecular flexibility index (Phi) is 2.93. The summed E-state index contributed by atoms with van der Waals surface area (Å²) in [6, 6.07) is 10.6. The van der Waals surface area contributed by atoms with Crippen LogP contribution in [0.2, 0.25) is 0 Å². The van der Waals surface area contributed by atoms with Gasteiger partial charge in [0.25, 0.3) is 0 Å². The first kappa shape index (κ1) is 11.7. The largest absolute Gasteiger partial charge is 0.505 e. The van der Waals surface area contributed by atoms with E-state index in [9.17, 15) is 13.5 Å². The summed E-state index contributed by atoms with van der Waals surface area (Å²) in [6.45, 7) is 1.54. The Morgan fingerprint density at radius 3 is 2.59 bits per heavy atom. The predicted molar refractivity (Wildman–Crippen MR) is 68.7 cm³/mol. The van der Waals surface area contributed by atoms with E-state index in [1.54, 1.807) is 31.2 Å². The van der Waals surface area contributed by atoms with E-state index in [0.29, 0.717) is 5.39 Å². The summed E-state index contributed by atoms with van der Waals surface area (Å²) >= 11 is 0. The maximum absolute atomic E-state index is 11.4. The normalized spacial score (nSPS) is 11.6. The van der Waals surface area contributed by atoms with Crippen molar-refractivity contribution in [2.24, 2.45) is 0 Å². The predicted octanol–water partition coefficient (Wildman–Crippen LogP) is 2.31. The van der Waals surface area contributed by atoms with Gasteiger partial charge in [-0.15, -0.1) is 0 Å². The fourth-order valence-corrected chi connectivity index (χ4v) is 2.22. The van der Waals surface area contributed by atoms with Crippen molar-refractivity contribution in [2.75, 3.05) is 10.5 Å². The Labute approximate surface area is 99.9 Å². The minimum Gasteiger partial charge on any atom is -0.505 e. The van der Waals surface area contributed by atoms with E-state index in [1.807, 2.05) is 12.1 Å². The van der Waals surface area contributed by atoms with Crippen molar-refractivity contribution >= 4 is 26.5 Å². The zero-order valence-corrected chi connectivity index (χ0v) is 10.2. The zero-order valence-electron chi connectivity index (χ0n) is 9.34. The van der Waals surface area contributed by atoms with Crippen LogP contribution in [-0.2, 0) is 10.0 Å². The average Bonchev–Trinajstić information content (AvgIpc) is 2.33. The smallest absolute Gasteiger partial charge is 0.232 e. The molecular weight excluding hydrogens is 238 g/mol. The van der Waals surface area contributed by atoms with Gasteiger partial charge in [-0.05, 0) is 18.4 Å². The van der Waals surface area contributed by atoms with Crippen molar-refractivity contribution in [1.82, 2.24) is 0 Å². The Morgan fingerprint density at radius 2 is 1.88 bits per heavy atom. The van der Waals surface area contributed by atoms with Gasteiger partial charge in [0.1, 0.15) is 5.75 Å². The molecule has 0 saturated heterocycles. The van der Waals surface area contributed by atoms with Crippen molar-refractivity contribution < 1.29 is 13.5 Å². The molecule has 0 radical (unpaired) electrons. The molecule has 0 aliphatic heterocycles. The van der Waals surface area contributed by atoms with Crippen LogP contribution in [0.5, 0.6) is 5.75 Å². The lowest BCUT2D eigenvalue weighted by molar-refractivity contribution is 0.484. The molecule has 17 heavy (non-hydrogen) atoms. The standard InChI is InChI=1S/C12H13NO3S/c1-2-17(15,16)13-11-8-7-9-5-3-4-6-10(9)12(11)14/h3-8,13-14H,2H2,1H3. The molecule has 0 amide bonds. The molecule has 2 aromatic rings. The summed E-state index contributed by atoms with van der Waals surface area (Å²) in [5, 5.41) is 11.5. The van der Waals surface area contributed by atoms with Gasteiger partial charge in [-0.1, -0.05) is 30.3 Å². The highest BCUT2D eigenvalue weighted by molar-refractivity contribution is 7.92. The molecule has 2 N–H and O–H groups in total. The molecule has 0 saturated carbocycles. The van der Waals surface area contributed by atoms with Crippen LogP contribution in [0, 0.1) is 0 Å². The molecule has 2 aromatic carbocycles. The van der Waals surface area contributed by atoms with Crippen LogP contribution < -0.4 is 4.72 Å². The Morgan fingerprint density at radius 1 is 1.18 bits per heavy atom. The van der Waals surface area contributed by atoms with Gasteiger partial charge < -0.3 is 5.11 Å². The Hall–Kier alpha value is -1.75. The molecular formula is C12H13NO3S. The first-order chi connectivity index (χ1) is 8.03. The molecule has 5 heteroatoms. The first-order valence-electron chi connectivity index (χ1n) is 5.24. The first-order valence-corrected chi connectivity index (χ1v) is 6.90. The lowest BCUT2D eigenvalue weighted by Crippen LogP contribution is -2.14. The molecule has 0 bridgehead atoms. The summed E-state index contributed by atoms with van der Waals surface area (Å²) < 4.78 is 25.2. The van der Waals surface area contributed by atoms with Crippen molar-refractivity contribution in [3.63, 3.8) is 0 Å². The van der Waals surface area contributed by atoms with Gasteiger partial charge in [0.2, 0.25) is 10.0 Å². The monoisotopic (exact) mass is 251 g/mol. The van der Waals surface area contributed by atoms with Gasteiger partial charge in [-0.25, -0.2) is 8.42 Å². The van der Waals surface area contributed by atoms with Gasteiger partial charge in [-0.3, -0.25) is 4.72 Å². The van der Waals surface area contributed by atoms with Crippen molar-refractivity contribution in [1.29, 1.82) is 0 Å². The molecule has 0 unspecified atom stereocenters. The third-order valence-corrected chi connectivity index (χ3v) is 3.84. The fraction of sp³-hybridized carbons (Fsp3) is 0.167. The number of phenols is 1. The van der Waals surface area contributed by atoms with Crippen LogP contribution in [-0.4, -0.2) is 19.3 Å². The van der Waals surface area contributed by atoms with Gasteiger partial charge in [-0.2, -0.15) is 0 Å². The number of aromatic hydroxyl groups is 1. The fourth-order valence-electron chi connectivity index (χ4n) is 1.58. The van der Waals surface area contributed by atoms with E-state index in [1.165, 1.54) is 0 Å². The lowest BCUT2D eigenvalue weighted by Gasteiger charge is -2.10. The average molecular weight is 251 g/mol. The van der Waals surface area contributed by atoms with E-state index in [0.717, 1.165) is 5.39 Å². The van der Waals surface area contributed by atoms with Crippen LogP contribution >= 0.6 is 0 Å². The maximum Gasteiger partial charge on any atom is 0.232 e. The van der Waals surface area contributed by atoms with Crippen LogP contribution in [0.3, 0.4) is 0 Å². The minimum atomic E-state index is -3.37. The van der Waals surface area contributed by atoms with Gasteiger partial charge in [0.15, 0.2) is 0 Å². The highest BCUT2D eigenvalue weighted by Gasteiger charge is 2.11. The van der Waals surface area contributed by atoms with Gasteiger partial charge in [0, 0.05) is 5.39 Å². The second-order valence-corrected chi connectivity index (χ2v) is 5.70. The van der Waals surface area contributed by atoms with E-state index in [2.05, 4.69) is 4.72 Å². The second-order valence-electron chi connectivity index (χ2n) is 3.69. The number of hydrogen-bond acceptors (Lipinski definition) is 3. The van der Waals surface area contributed by atoms with E-state index in [4.69, 9.17) is 0 Å². The van der Waals surface area contributed by atoms with Crippen LogP contribution in [0.15, 0.2) is 36.4 Å². The molecule has 0 aromatic heterocycles. The highest BCUT2D eigenvalue weighted by Crippen LogP contribution is 2.32. The third-order valence-electron chi connectivity index (χ3n) is 2.55. The van der Waals surface area contributed by atoms with Crippen molar-refractivity contribution in [2.45, 2.75) is 6.92 Å². The molecule has 90 valence electrons. The number of anilines is 1. The zero-order chi connectivity index (χ0) is 12.5. The number of benzene rings is 2. The number of rotatable bonds is 3. The van der Waals surface area contributed by atoms with E-state index >= 15 is 0 Å². The molecule has 0 spiro atoms. The number of hydrogen-bond donors (Lipinski definition) is 2. The topological polar surface area (TPSA) is 66.4 Å². The van der Waals surface area contributed by atoms with Gasteiger partial charge >= 0.3 is 0 Å². The Bertz CT molecular complexity index is 650. The number of sulfonamides is 1. The third kappa shape index (κ3) is 2.34. The summed E-state index contributed by atoms with van der Waals surface area (Å²) in [4.78, 5) is 0. The Balaban J connectivity index is 2.54. The molecule has 0 fully saturated rings. The molecule has 4 nitrogen and oxygen atoms in total. The minimum absolute atomic E-state index is 0.0285. The quantitative estimate of drug-likeness (QED) is 0.823. The summed E-state index contributed by atoms with van der Waals surface area (Å²) in [6.07, 6.45) is 0.